The maximum atomic E-state index is 13.8. The van der Waals surface area contributed by atoms with Crippen molar-refractivity contribution in [1.29, 1.82) is 0 Å². The van der Waals surface area contributed by atoms with Crippen LogP contribution >= 0.6 is 0 Å². The Labute approximate surface area is 157 Å². The third kappa shape index (κ3) is 4.71. The first kappa shape index (κ1) is 19.0. The highest BCUT2D eigenvalue weighted by Gasteiger charge is 2.39. The highest BCUT2D eigenvalue weighted by Crippen LogP contribution is 2.22. The van der Waals surface area contributed by atoms with Gasteiger partial charge in [0.05, 0.1) is 12.5 Å². The number of β-amino-alcohol motifs (C(OH)–C–C–N with tert-alkyl or cyclic N) is 1. The van der Waals surface area contributed by atoms with Crippen molar-refractivity contribution in [3.63, 3.8) is 0 Å². The van der Waals surface area contributed by atoms with Crippen molar-refractivity contribution in [3.05, 3.63) is 71.0 Å². The molecular formula is C21H22FNO4. The molecule has 1 aliphatic heterocycles. The second-order valence-electron chi connectivity index (χ2n) is 6.81. The SMILES string of the molecule is Cc1ccc(COC(=O)[C@@H]2C[C@H](O)CN2C(=O)Cc2ccccc2F)cc1. The maximum Gasteiger partial charge on any atom is 0.329 e. The Morgan fingerprint density at radius 3 is 2.59 bits per heavy atom. The summed E-state index contributed by atoms with van der Waals surface area (Å²) in [5.41, 5.74) is 2.21. The fraction of sp³-hybridized carbons (Fsp3) is 0.333. The lowest BCUT2D eigenvalue weighted by Crippen LogP contribution is -2.42. The Kier molecular flexibility index (Phi) is 5.86. The number of aryl methyl sites for hydroxylation is 1. The Balaban J connectivity index is 1.64. The number of esters is 1. The Morgan fingerprint density at radius 1 is 1.19 bits per heavy atom. The van der Waals surface area contributed by atoms with E-state index in [-0.39, 0.29) is 31.6 Å². The van der Waals surface area contributed by atoms with Crippen molar-refractivity contribution in [2.45, 2.75) is 38.5 Å². The zero-order valence-corrected chi connectivity index (χ0v) is 15.1. The van der Waals surface area contributed by atoms with Gasteiger partial charge in [-0.25, -0.2) is 9.18 Å². The Hall–Kier alpha value is -2.73. The molecule has 142 valence electrons. The summed E-state index contributed by atoms with van der Waals surface area (Å²) in [7, 11) is 0. The summed E-state index contributed by atoms with van der Waals surface area (Å²) in [6.45, 7) is 2.10. The average Bonchev–Trinajstić information content (AvgIpc) is 3.05. The standard InChI is InChI=1S/C21H22FNO4/c1-14-6-8-15(9-7-14)13-27-21(26)19-11-17(24)12-23(19)20(25)10-16-4-2-3-5-18(16)22/h2-9,17,19,24H,10-13H2,1H3/t17-,19-/m0/s1. The molecule has 5 nitrogen and oxygen atoms in total. The normalized spacial score (nSPS) is 19.1. The van der Waals surface area contributed by atoms with E-state index < -0.39 is 29.8 Å². The molecule has 0 radical (unpaired) electrons. The number of likely N-dealkylation sites (tertiary alicyclic amines) is 1. The molecule has 1 saturated heterocycles. The van der Waals surface area contributed by atoms with E-state index in [9.17, 15) is 19.1 Å². The van der Waals surface area contributed by atoms with Crippen LogP contribution in [0.4, 0.5) is 4.39 Å². The molecule has 1 N–H and O–H groups in total. The molecule has 2 atom stereocenters. The average molecular weight is 371 g/mol. The molecule has 0 aromatic heterocycles. The highest BCUT2D eigenvalue weighted by atomic mass is 19.1. The number of aliphatic hydroxyl groups is 1. The summed E-state index contributed by atoms with van der Waals surface area (Å²) in [6, 6.07) is 12.7. The van der Waals surface area contributed by atoms with Crippen LogP contribution in [-0.4, -0.2) is 40.6 Å². The number of nitrogens with zero attached hydrogens (tertiary/aromatic N) is 1. The smallest absolute Gasteiger partial charge is 0.329 e. The number of hydrogen-bond donors (Lipinski definition) is 1. The predicted molar refractivity (Wildman–Crippen MR) is 97.2 cm³/mol. The minimum absolute atomic E-state index is 0.0393. The van der Waals surface area contributed by atoms with E-state index in [2.05, 4.69) is 0 Å². The third-order valence-corrected chi connectivity index (χ3v) is 4.67. The minimum atomic E-state index is -0.857. The minimum Gasteiger partial charge on any atom is -0.459 e. The second kappa shape index (κ2) is 8.31. The Bertz CT molecular complexity index is 821. The van der Waals surface area contributed by atoms with Gasteiger partial charge in [-0.3, -0.25) is 4.79 Å². The van der Waals surface area contributed by atoms with Crippen molar-refractivity contribution >= 4 is 11.9 Å². The van der Waals surface area contributed by atoms with Gasteiger partial charge >= 0.3 is 5.97 Å². The van der Waals surface area contributed by atoms with Crippen molar-refractivity contribution in [1.82, 2.24) is 4.90 Å². The van der Waals surface area contributed by atoms with Crippen LogP contribution in [0.2, 0.25) is 0 Å². The molecule has 1 fully saturated rings. The summed E-state index contributed by atoms with van der Waals surface area (Å²) in [6.07, 6.45) is -0.844. The quantitative estimate of drug-likeness (QED) is 0.820. The first-order chi connectivity index (χ1) is 12.9. The number of carbonyl (C=O) groups is 2. The fourth-order valence-electron chi connectivity index (χ4n) is 3.15. The van der Waals surface area contributed by atoms with Crippen LogP contribution in [-0.2, 0) is 27.4 Å². The number of benzene rings is 2. The topological polar surface area (TPSA) is 66.8 Å². The van der Waals surface area contributed by atoms with Gasteiger partial charge in [0.15, 0.2) is 0 Å². The van der Waals surface area contributed by atoms with Crippen molar-refractivity contribution in [2.75, 3.05) is 6.54 Å². The van der Waals surface area contributed by atoms with Gasteiger partial charge in [0.25, 0.3) is 0 Å². The summed E-state index contributed by atoms with van der Waals surface area (Å²) in [5.74, 6) is -1.44. The highest BCUT2D eigenvalue weighted by molar-refractivity contribution is 5.86. The van der Waals surface area contributed by atoms with E-state index in [0.717, 1.165) is 11.1 Å². The van der Waals surface area contributed by atoms with E-state index in [0.29, 0.717) is 0 Å². The van der Waals surface area contributed by atoms with Crippen LogP contribution in [0.1, 0.15) is 23.1 Å². The van der Waals surface area contributed by atoms with E-state index in [4.69, 9.17) is 4.74 Å². The van der Waals surface area contributed by atoms with Gasteiger partial charge in [-0.1, -0.05) is 48.0 Å². The predicted octanol–water partition coefficient (Wildman–Crippen LogP) is 2.38. The molecule has 1 heterocycles. The van der Waals surface area contributed by atoms with E-state index in [1.54, 1.807) is 12.1 Å². The number of halogens is 1. The number of rotatable bonds is 5. The van der Waals surface area contributed by atoms with Crippen LogP contribution in [0.15, 0.2) is 48.5 Å². The second-order valence-corrected chi connectivity index (χ2v) is 6.81. The van der Waals surface area contributed by atoms with Crippen LogP contribution < -0.4 is 0 Å². The fourth-order valence-corrected chi connectivity index (χ4v) is 3.15. The van der Waals surface area contributed by atoms with Gasteiger partial charge in [0.2, 0.25) is 5.91 Å². The first-order valence-corrected chi connectivity index (χ1v) is 8.87. The lowest BCUT2D eigenvalue weighted by atomic mass is 10.1. The third-order valence-electron chi connectivity index (χ3n) is 4.67. The Morgan fingerprint density at radius 2 is 1.89 bits per heavy atom. The maximum absolute atomic E-state index is 13.8. The largest absolute Gasteiger partial charge is 0.459 e. The summed E-state index contributed by atoms with van der Waals surface area (Å²) < 4.78 is 19.1. The lowest BCUT2D eigenvalue weighted by Gasteiger charge is -2.23. The van der Waals surface area contributed by atoms with Gasteiger partial charge < -0.3 is 14.7 Å². The molecule has 1 amide bonds. The number of ether oxygens (including phenoxy) is 1. The number of hydrogen-bond acceptors (Lipinski definition) is 4. The molecule has 6 heteroatoms. The molecule has 1 aliphatic rings. The zero-order valence-electron chi connectivity index (χ0n) is 15.1. The molecule has 0 aliphatic carbocycles. The molecule has 0 spiro atoms. The molecular weight excluding hydrogens is 349 g/mol. The molecule has 2 aromatic carbocycles. The van der Waals surface area contributed by atoms with Crippen molar-refractivity contribution < 1.29 is 23.8 Å². The van der Waals surface area contributed by atoms with Gasteiger partial charge in [0.1, 0.15) is 18.5 Å². The number of carbonyl (C=O) groups excluding carboxylic acids is 2. The molecule has 0 bridgehead atoms. The van der Waals surface area contributed by atoms with E-state index in [1.807, 2.05) is 31.2 Å². The van der Waals surface area contributed by atoms with Crippen LogP contribution in [0.25, 0.3) is 0 Å². The number of aliphatic hydroxyl groups excluding tert-OH is 1. The monoisotopic (exact) mass is 371 g/mol. The molecule has 0 unspecified atom stereocenters. The van der Waals surface area contributed by atoms with Crippen molar-refractivity contribution in [2.24, 2.45) is 0 Å². The van der Waals surface area contributed by atoms with Crippen LogP contribution in [0, 0.1) is 12.7 Å². The van der Waals surface area contributed by atoms with Crippen molar-refractivity contribution in [3.8, 4) is 0 Å². The van der Waals surface area contributed by atoms with E-state index >= 15 is 0 Å². The molecule has 3 rings (SSSR count). The van der Waals surface area contributed by atoms with Gasteiger partial charge in [-0.05, 0) is 24.1 Å². The van der Waals surface area contributed by atoms with Crippen LogP contribution in [0.3, 0.4) is 0 Å². The van der Waals surface area contributed by atoms with Gasteiger partial charge in [-0.15, -0.1) is 0 Å². The first-order valence-electron chi connectivity index (χ1n) is 8.87. The number of amides is 1. The van der Waals surface area contributed by atoms with Gasteiger partial charge in [-0.2, -0.15) is 0 Å². The molecule has 27 heavy (non-hydrogen) atoms. The summed E-state index contributed by atoms with van der Waals surface area (Å²) >= 11 is 0. The molecule has 0 saturated carbocycles. The molecule has 2 aromatic rings. The summed E-state index contributed by atoms with van der Waals surface area (Å²) in [4.78, 5) is 26.3. The summed E-state index contributed by atoms with van der Waals surface area (Å²) in [5, 5.41) is 9.93. The zero-order chi connectivity index (χ0) is 19.4. The van der Waals surface area contributed by atoms with E-state index in [1.165, 1.54) is 17.0 Å². The van der Waals surface area contributed by atoms with Crippen LogP contribution in [0.5, 0.6) is 0 Å². The van der Waals surface area contributed by atoms with Gasteiger partial charge in [0, 0.05) is 13.0 Å². The lowest BCUT2D eigenvalue weighted by molar-refractivity contribution is -0.154.